The first-order valence-corrected chi connectivity index (χ1v) is 8.24. The Bertz CT molecular complexity index is 645. The van der Waals surface area contributed by atoms with Crippen molar-refractivity contribution in [3.8, 4) is 0 Å². The van der Waals surface area contributed by atoms with Gasteiger partial charge in [0.1, 0.15) is 0 Å². The molecular formula is C16H23N5O. The Morgan fingerprint density at radius 2 is 2.23 bits per heavy atom. The maximum Gasteiger partial charge on any atom is 0.243 e. The first-order valence-electron chi connectivity index (χ1n) is 8.24. The van der Waals surface area contributed by atoms with Gasteiger partial charge in [-0.25, -0.2) is 0 Å². The van der Waals surface area contributed by atoms with Crippen molar-refractivity contribution in [2.45, 2.75) is 44.6 Å². The highest BCUT2D eigenvalue weighted by atomic mass is 16.5. The van der Waals surface area contributed by atoms with Crippen LogP contribution in [0.2, 0.25) is 0 Å². The average Bonchev–Trinajstić information content (AvgIpc) is 2.92. The van der Waals surface area contributed by atoms with Crippen LogP contribution >= 0.6 is 0 Å². The molecule has 0 unspecified atom stereocenters. The molecule has 1 aliphatic heterocycles. The third-order valence-electron chi connectivity index (χ3n) is 4.91. The predicted octanol–water partition coefficient (Wildman–Crippen LogP) is 2.31. The third-order valence-corrected chi connectivity index (χ3v) is 4.91. The van der Waals surface area contributed by atoms with Crippen LogP contribution in [0.1, 0.15) is 55.4 Å². The second kappa shape index (κ2) is 5.50. The molecule has 1 aliphatic carbocycles. The van der Waals surface area contributed by atoms with Crippen LogP contribution in [0.4, 0.5) is 0 Å². The molecule has 2 aliphatic rings. The van der Waals surface area contributed by atoms with E-state index in [0.717, 1.165) is 31.2 Å². The number of rotatable bonds is 5. The zero-order valence-corrected chi connectivity index (χ0v) is 13.3. The molecule has 3 heterocycles. The first kappa shape index (κ1) is 13.9. The number of likely N-dealkylation sites (tertiary alicyclic amines) is 1. The van der Waals surface area contributed by atoms with Crippen molar-refractivity contribution in [2.24, 2.45) is 13.0 Å². The lowest BCUT2D eigenvalue weighted by molar-refractivity contribution is 0.202. The predicted molar refractivity (Wildman–Crippen MR) is 81.3 cm³/mol. The third kappa shape index (κ3) is 2.79. The van der Waals surface area contributed by atoms with Crippen LogP contribution < -0.4 is 0 Å². The van der Waals surface area contributed by atoms with Gasteiger partial charge in [0.05, 0.1) is 12.2 Å². The monoisotopic (exact) mass is 301 g/mol. The maximum absolute atomic E-state index is 5.48. The summed E-state index contributed by atoms with van der Waals surface area (Å²) < 4.78 is 7.36. The minimum Gasteiger partial charge on any atom is -0.338 e. The van der Waals surface area contributed by atoms with Crippen molar-refractivity contribution in [2.75, 3.05) is 13.1 Å². The quantitative estimate of drug-likeness (QED) is 0.848. The molecule has 2 atom stereocenters. The molecule has 4 rings (SSSR count). The van der Waals surface area contributed by atoms with E-state index in [1.807, 2.05) is 17.9 Å². The summed E-state index contributed by atoms with van der Waals surface area (Å²) in [6.45, 7) is 4.38. The zero-order chi connectivity index (χ0) is 15.1. The van der Waals surface area contributed by atoms with Crippen molar-refractivity contribution < 1.29 is 4.52 Å². The minimum absolute atomic E-state index is 0.221. The fraction of sp³-hybridized carbons (Fsp3) is 0.688. The lowest BCUT2D eigenvalue weighted by Gasteiger charge is -2.20. The van der Waals surface area contributed by atoms with E-state index in [9.17, 15) is 0 Å². The Labute approximate surface area is 130 Å². The van der Waals surface area contributed by atoms with E-state index in [2.05, 4.69) is 33.3 Å². The largest absolute Gasteiger partial charge is 0.338 e. The number of aromatic nitrogens is 4. The second-order valence-corrected chi connectivity index (χ2v) is 6.82. The molecule has 0 spiro atoms. The van der Waals surface area contributed by atoms with Gasteiger partial charge in [-0.2, -0.15) is 10.1 Å². The molecule has 1 saturated carbocycles. The Balaban J connectivity index is 1.36. The molecule has 0 bridgehead atoms. The fourth-order valence-corrected chi connectivity index (χ4v) is 3.37. The van der Waals surface area contributed by atoms with Crippen LogP contribution in [-0.4, -0.2) is 37.9 Å². The highest BCUT2D eigenvalue weighted by molar-refractivity contribution is 5.07. The number of hydrogen-bond acceptors (Lipinski definition) is 5. The Morgan fingerprint density at radius 3 is 2.95 bits per heavy atom. The van der Waals surface area contributed by atoms with E-state index >= 15 is 0 Å². The van der Waals surface area contributed by atoms with Gasteiger partial charge in [0, 0.05) is 25.7 Å². The van der Waals surface area contributed by atoms with E-state index in [1.165, 1.54) is 24.8 Å². The summed E-state index contributed by atoms with van der Waals surface area (Å²) in [6, 6.07) is 0.221. The van der Waals surface area contributed by atoms with Gasteiger partial charge < -0.3 is 4.52 Å². The Kier molecular flexibility index (Phi) is 3.48. The van der Waals surface area contributed by atoms with Crippen molar-refractivity contribution >= 4 is 0 Å². The number of aryl methyl sites for hydroxylation is 1. The lowest BCUT2D eigenvalue weighted by Crippen LogP contribution is -2.25. The topological polar surface area (TPSA) is 60.0 Å². The molecule has 0 amide bonds. The molecule has 2 aromatic rings. The minimum atomic E-state index is 0.221. The van der Waals surface area contributed by atoms with Crippen LogP contribution in [0.5, 0.6) is 0 Å². The van der Waals surface area contributed by atoms with Crippen LogP contribution in [0.25, 0.3) is 0 Å². The normalized spacial score (nSPS) is 24.0. The van der Waals surface area contributed by atoms with E-state index in [1.54, 1.807) is 0 Å². The molecule has 2 aromatic heterocycles. The Morgan fingerprint density at radius 1 is 1.36 bits per heavy atom. The second-order valence-electron chi connectivity index (χ2n) is 6.82. The average molecular weight is 301 g/mol. The van der Waals surface area contributed by atoms with Gasteiger partial charge in [-0.1, -0.05) is 5.16 Å². The van der Waals surface area contributed by atoms with Gasteiger partial charge in [0.15, 0.2) is 5.82 Å². The molecule has 118 valence electrons. The molecule has 0 aromatic carbocycles. The van der Waals surface area contributed by atoms with E-state index in [0.29, 0.717) is 11.8 Å². The fourth-order valence-electron chi connectivity index (χ4n) is 3.37. The highest BCUT2D eigenvalue weighted by Gasteiger charge is 2.33. The van der Waals surface area contributed by atoms with Crippen LogP contribution in [0, 0.1) is 5.92 Å². The zero-order valence-electron chi connectivity index (χ0n) is 13.3. The molecule has 1 saturated heterocycles. The summed E-state index contributed by atoms with van der Waals surface area (Å²) in [4.78, 5) is 7.06. The van der Waals surface area contributed by atoms with Crippen LogP contribution in [0.15, 0.2) is 16.9 Å². The van der Waals surface area contributed by atoms with Crippen LogP contribution in [-0.2, 0) is 13.5 Å². The number of hydrogen-bond donors (Lipinski definition) is 0. The van der Waals surface area contributed by atoms with Crippen LogP contribution in [0.3, 0.4) is 0 Å². The van der Waals surface area contributed by atoms with E-state index in [4.69, 9.17) is 4.52 Å². The standard InChI is InChI=1S/C16H23N5O/c1-11(16-18-15(19-22-16)14-3-4-14)21-6-5-12(10-21)7-13-8-17-20(2)9-13/h8-9,11-12,14H,3-7,10H2,1-2H3/t11-,12-/m1/s1. The summed E-state index contributed by atoms with van der Waals surface area (Å²) >= 11 is 0. The van der Waals surface area contributed by atoms with Gasteiger partial charge >= 0.3 is 0 Å². The SMILES string of the molecule is C[C@H](c1nc(C2CC2)no1)N1CC[C@H](Cc2cnn(C)c2)C1. The van der Waals surface area contributed by atoms with Crippen molar-refractivity contribution in [1.82, 2.24) is 24.8 Å². The molecule has 22 heavy (non-hydrogen) atoms. The van der Waals surface area contributed by atoms with Gasteiger partial charge in [-0.05, 0) is 50.6 Å². The van der Waals surface area contributed by atoms with Gasteiger partial charge in [0.25, 0.3) is 0 Å². The Hall–Kier alpha value is -1.69. The summed E-state index contributed by atoms with van der Waals surface area (Å²) in [5.74, 6) is 2.94. The summed E-state index contributed by atoms with van der Waals surface area (Å²) in [7, 11) is 1.97. The smallest absolute Gasteiger partial charge is 0.243 e. The molecule has 0 N–H and O–H groups in total. The molecular weight excluding hydrogens is 278 g/mol. The summed E-state index contributed by atoms with van der Waals surface area (Å²) in [6.07, 6.45) is 8.85. The molecule has 6 heteroatoms. The van der Waals surface area contributed by atoms with Gasteiger partial charge in [-0.3, -0.25) is 9.58 Å². The van der Waals surface area contributed by atoms with Gasteiger partial charge in [0.2, 0.25) is 5.89 Å². The summed E-state index contributed by atoms with van der Waals surface area (Å²) in [5, 5.41) is 8.39. The van der Waals surface area contributed by atoms with E-state index < -0.39 is 0 Å². The highest BCUT2D eigenvalue weighted by Crippen LogP contribution is 2.39. The maximum atomic E-state index is 5.48. The summed E-state index contributed by atoms with van der Waals surface area (Å²) in [5.41, 5.74) is 1.33. The molecule has 6 nitrogen and oxygen atoms in total. The van der Waals surface area contributed by atoms with Gasteiger partial charge in [-0.15, -0.1) is 0 Å². The van der Waals surface area contributed by atoms with Crippen molar-refractivity contribution in [3.05, 3.63) is 29.7 Å². The van der Waals surface area contributed by atoms with E-state index in [-0.39, 0.29) is 6.04 Å². The lowest BCUT2D eigenvalue weighted by atomic mass is 10.0. The van der Waals surface area contributed by atoms with Crippen molar-refractivity contribution in [1.29, 1.82) is 0 Å². The number of nitrogens with zero attached hydrogens (tertiary/aromatic N) is 5. The molecule has 0 radical (unpaired) electrons. The van der Waals surface area contributed by atoms with Crippen molar-refractivity contribution in [3.63, 3.8) is 0 Å². The molecule has 2 fully saturated rings. The first-order chi connectivity index (χ1) is 10.7.